The third kappa shape index (κ3) is 1.88. The van der Waals surface area contributed by atoms with Gasteiger partial charge in [-0.3, -0.25) is 0 Å². The summed E-state index contributed by atoms with van der Waals surface area (Å²) in [5, 5.41) is 9.15. The summed E-state index contributed by atoms with van der Waals surface area (Å²) >= 11 is 0. The first kappa shape index (κ1) is 9.45. The minimum absolute atomic E-state index is 0.700. The normalized spacial score (nSPS) is 12.3. The molecule has 2 aromatic rings. The third-order valence-corrected chi connectivity index (χ3v) is 2.17. The van der Waals surface area contributed by atoms with Gasteiger partial charge in [0.15, 0.2) is 6.04 Å². The lowest BCUT2D eigenvalue weighted by molar-refractivity contribution is -0.139. The SMILES string of the molecule is O=C(O)C(c1ccccc1)n1ccnc1. The molecule has 0 fully saturated rings. The molecule has 4 heteroatoms. The fraction of sp³-hybridized carbons (Fsp3) is 0.0909. The first-order chi connectivity index (χ1) is 7.29. The number of rotatable bonds is 3. The van der Waals surface area contributed by atoms with E-state index in [1.54, 1.807) is 29.1 Å². The number of nitrogens with zero attached hydrogens (tertiary/aromatic N) is 2. The molecular formula is C11H10N2O2. The van der Waals surface area contributed by atoms with Gasteiger partial charge in [0, 0.05) is 12.4 Å². The first-order valence-electron chi connectivity index (χ1n) is 4.54. The van der Waals surface area contributed by atoms with Gasteiger partial charge in [-0.05, 0) is 5.56 Å². The zero-order valence-corrected chi connectivity index (χ0v) is 7.95. The van der Waals surface area contributed by atoms with Crippen molar-refractivity contribution < 1.29 is 9.90 Å². The van der Waals surface area contributed by atoms with Crippen LogP contribution in [0, 0.1) is 0 Å². The van der Waals surface area contributed by atoms with Crippen LogP contribution >= 0.6 is 0 Å². The largest absolute Gasteiger partial charge is 0.479 e. The quantitative estimate of drug-likeness (QED) is 0.821. The molecule has 0 bridgehead atoms. The fourth-order valence-electron chi connectivity index (χ4n) is 1.50. The van der Waals surface area contributed by atoms with Gasteiger partial charge in [0.25, 0.3) is 0 Å². The van der Waals surface area contributed by atoms with Gasteiger partial charge < -0.3 is 9.67 Å². The Hall–Kier alpha value is -2.10. The molecule has 0 spiro atoms. The van der Waals surface area contributed by atoms with Crippen molar-refractivity contribution in [1.29, 1.82) is 0 Å². The van der Waals surface area contributed by atoms with E-state index in [2.05, 4.69) is 4.98 Å². The molecule has 0 amide bonds. The zero-order chi connectivity index (χ0) is 10.7. The molecule has 0 aliphatic rings. The second-order valence-electron chi connectivity index (χ2n) is 3.16. The van der Waals surface area contributed by atoms with Crippen LogP contribution in [-0.4, -0.2) is 20.6 Å². The predicted octanol–water partition coefficient (Wildman–Crippen LogP) is 1.56. The topological polar surface area (TPSA) is 55.1 Å². The summed E-state index contributed by atoms with van der Waals surface area (Å²) < 4.78 is 1.57. The summed E-state index contributed by atoms with van der Waals surface area (Å²) in [6, 6.07) is 8.38. The van der Waals surface area contributed by atoms with E-state index in [9.17, 15) is 4.79 Å². The van der Waals surface area contributed by atoms with E-state index in [-0.39, 0.29) is 0 Å². The Bertz CT molecular complexity index is 437. The van der Waals surface area contributed by atoms with Gasteiger partial charge >= 0.3 is 5.97 Å². The van der Waals surface area contributed by atoms with Crippen molar-refractivity contribution in [3.63, 3.8) is 0 Å². The first-order valence-corrected chi connectivity index (χ1v) is 4.54. The lowest BCUT2D eigenvalue weighted by Crippen LogP contribution is -2.18. The highest BCUT2D eigenvalue weighted by atomic mass is 16.4. The molecule has 1 aromatic carbocycles. The minimum atomic E-state index is -0.890. The van der Waals surface area contributed by atoms with Crippen LogP contribution in [-0.2, 0) is 4.79 Å². The maximum atomic E-state index is 11.1. The molecule has 4 nitrogen and oxygen atoms in total. The van der Waals surface area contributed by atoms with E-state index in [0.717, 1.165) is 5.56 Å². The van der Waals surface area contributed by atoms with Gasteiger partial charge in [0.2, 0.25) is 0 Å². The van der Waals surface area contributed by atoms with E-state index in [1.807, 2.05) is 18.2 Å². The number of carbonyl (C=O) groups is 1. The molecule has 76 valence electrons. The Morgan fingerprint density at radius 3 is 2.60 bits per heavy atom. The highest BCUT2D eigenvalue weighted by molar-refractivity contribution is 5.75. The van der Waals surface area contributed by atoms with Gasteiger partial charge in [0.1, 0.15) is 0 Å². The van der Waals surface area contributed by atoms with E-state index in [1.165, 1.54) is 6.33 Å². The Balaban J connectivity index is 2.42. The molecular weight excluding hydrogens is 192 g/mol. The molecule has 15 heavy (non-hydrogen) atoms. The maximum Gasteiger partial charge on any atom is 0.331 e. The molecule has 1 aromatic heterocycles. The molecule has 2 rings (SSSR count). The van der Waals surface area contributed by atoms with Crippen molar-refractivity contribution in [1.82, 2.24) is 9.55 Å². The highest BCUT2D eigenvalue weighted by Gasteiger charge is 2.20. The number of hydrogen-bond acceptors (Lipinski definition) is 2. The van der Waals surface area contributed by atoms with Crippen molar-refractivity contribution in [3.05, 3.63) is 54.6 Å². The van der Waals surface area contributed by atoms with Crippen LogP contribution in [0.15, 0.2) is 49.1 Å². The number of carboxylic acids is 1. The second kappa shape index (κ2) is 3.96. The van der Waals surface area contributed by atoms with Crippen molar-refractivity contribution in [2.24, 2.45) is 0 Å². The molecule has 0 aliphatic heterocycles. The number of hydrogen-bond donors (Lipinski definition) is 1. The highest BCUT2D eigenvalue weighted by Crippen LogP contribution is 2.17. The number of imidazole rings is 1. The van der Waals surface area contributed by atoms with E-state index < -0.39 is 12.0 Å². The van der Waals surface area contributed by atoms with Crippen LogP contribution in [0.25, 0.3) is 0 Å². The summed E-state index contributed by atoms with van der Waals surface area (Å²) in [4.78, 5) is 15.0. The predicted molar refractivity (Wildman–Crippen MR) is 54.4 cm³/mol. The fourth-order valence-corrected chi connectivity index (χ4v) is 1.50. The van der Waals surface area contributed by atoms with Crippen LogP contribution in [0.4, 0.5) is 0 Å². The van der Waals surface area contributed by atoms with E-state index in [0.29, 0.717) is 0 Å². The van der Waals surface area contributed by atoms with Crippen molar-refractivity contribution in [3.8, 4) is 0 Å². The Morgan fingerprint density at radius 1 is 1.33 bits per heavy atom. The molecule has 0 saturated heterocycles. The second-order valence-corrected chi connectivity index (χ2v) is 3.16. The maximum absolute atomic E-state index is 11.1. The van der Waals surface area contributed by atoms with E-state index in [4.69, 9.17) is 5.11 Å². The summed E-state index contributed by atoms with van der Waals surface area (Å²) in [5.41, 5.74) is 0.739. The average Bonchev–Trinajstić information content (AvgIpc) is 2.72. The zero-order valence-electron chi connectivity index (χ0n) is 7.95. The lowest BCUT2D eigenvalue weighted by Gasteiger charge is -2.13. The Labute approximate surface area is 86.8 Å². The smallest absolute Gasteiger partial charge is 0.331 e. The monoisotopic (exact) mass is 202 g/mol. The standard InChI is InChI=1S/C11H10N2O2/c14-11(15)10(13-7-6-12-8-13)9-4-2-1-3-5-9/h1-8,10H,(H,14,15). The summed E-state index contributed by atoms with van der Waals surface area (Å²) in [6.07, 6.45) is 4.72. The Morgan fingerprint density at radius 2 is 2.07 bits per heavy atom. The van der Waals surface area contributed by atoms with Crippen LogP contribution in [0.5, 0.6) is 0 Å². The number of aliphatic carboxylic acids is 1. The third-order valence-electron chi connectivity index (χ3n) is 2.17. The summed E-state index contributed by atoms with van der Waals surface area (Å²) in [5.74, 6) is -0.890. The molecule has 1 N–H and O–H groups in total. The van der Waals surface area contributed by atoms with Crippen molar-refractivity contribution in [2.75, 3.05) is 0 Å². The molecule has 0 aliphatic carbocycles. The van der Waals surface area contributed by atoms with Gasteiger partial charge in [-0.1, -0.05) is 30.3 Å². The molecule has 0 saturated carbocycles. The molecule has 0 radical (unpaired) electrons. The Kier molecular flexibility index (Phi) is 2.49. The average molecular weight is 202 g/mol. The van der Waals surface area contributed by atoms with Crippen LogP contribution in [0.1, 0.15) is 11.6 Å². The summed E-state index contributed by atoms with van der Waals surface area (Å²) in [7, 11) is 0. The number of carboxylic acid groups (broad SMARTS) is 1. The van der Waals surface area contributed by atoms with Gasteiger partial charge in [0.05, 0.1) is 6.33 Å². The number of benzene rings is 1. The minimum Gasteiger partial charge on any atom is -0.479 e. The van der Waals surface area contributed by atoms with E-state index >= 15 is 0 Å². The molecule has 1 atom stereocenters. The van der Waals surface area contributed by atoms with Gasteiger partial charge in [-0.25, -0.2) is 9.78 Å². The summed E-state index contributed by atoms with van der Waals surface area (Å²) in [6.45, 7) is 0. The molecule has 1 heterocycles. The molecule has 1 unspecified atom stereocenters. The van der Waals surface area contributed by atoms with Crippen LogP contribution < -0.4 is 0 Å². The lowest BCUT2D eigenvalue weighted by atomic mass is 10.1. The van der Waals surface area contributed by atoms with Gasteiger partial charge in [-0.2, -0.15) is 0 Å². The number of aromatic nitrogens is 2. The van der Waals surface area contributed by atoms with Crippen LogP contribution in [0.2, 0.25) is 0 Å². The van der Waals surface area contributed by atoms with Crippen molar-refractivity contribution >= 4 is 5.97 Å². The van der Waals surface area contributed by atoms with Gasteiger partial charge in [-0.15, -0.1) is 0 Å². The van der Waals surface area contributed by atoms with Crippen molar-refractivity contribution in [2.45, 2.75) is 6.04 Å². The van der Waals surface area contributed by atoms with Crippen LogP contribution in [0.3, 0.4) is 0 Å².